The first-order valence-corrected chi connectivity index (χ1v) is 9.93. The molecule has 0 saturated heterocycles. The number of rotatable bonds is 5. The van der Waals surface area contributed by atoms with Gasteiger partial charge in [-0.2, -0.15) is 0 Å². The van der Waals surface area contributed by atoms with E-state index < -0.39 is 0 Å². The first kappa shape index (κ1) is 21.8. The van der Waals surface area contributed by atoms with Gasteiger partial charge in [0.05, 0.1) is 17.8 Å². The van der Waals surface area contributed by atoms with Crippen LogP contribution in [0, 0.1) is 33.5 Å². The van der Waals surface area contributed by atoms with Crippen LogP contribution in [0.2, 0.25) is 0 Å². The molecule has 4 aromatic rings. The fraction of sp³-hybridized carbons (Fsp3) is 0.240. The third-order valence-corrected chi connectivity index (χ3v) is 5.76. The summed E-state index contributed by atoms with van der Waals surface area (Å²) in [5.74, 6) is -0.232. The van der Waals surface area contributed by atoms with Crippen LogP contribution in [0.4, 0.5) is 10.1 Å². The number of hydrogen-bond donors (Lipinski definition) is 1. The van der Waals surface area contributed by atoms with Crippen LogP contribution in [0.25, 0.3) is 10.9 Å². The molecule has 0 saturated carbocycles. The van der Waals surface area contributed by atoms with Crippen LogP contribution >= 0.6 is 12.4 Å². The van der Waals surface area contributed by atoms with Crippen LogP contribution in [0.1, 0.15) is 33.6 Å². The fourth-order valence-corrected chi connectivity index (χ4v) is 3.89. The minimum absolute atomic E-state index is 0. The summed E-state index contributed by atoms with van der Waals surface area (Å²) in [7, 11) is 0. The maximum absolute atomic E-state index is 13.2. The number of aryl methyl sites for hydroxylation is 3. The van der Waals surface area contributed by atoms with E-state index in [4.69, 9.17) is 0 Å². The summed E-state index contributed by atoms with van der Waals surface area (Å²) in [5.41, 5.74) is 9.48. The van der Waals surface area contributed by atoms with E-state index in [-0.39, 0.29) is 18.2 Å². The monoisotopic (exact) mass is 423 g/mol. The van der Waals surface area contributed by atoms with Crippen molar-refractivity contribution in [1.82, 2.24) is 9.55 Å². The number of halogens is 2. The predicted molar refractivity (Wildman–Crippen MR) is 125 cm³/mol. The van der Waals surface area contributed by atoms with Gasteiger partial charge in [0.15, 0.2) is 0 Å². The van der Waals surface area contributed by atoms with Crippen molar-refractivity contribution >= 4 is 29.0 Å². The van der Waals surface area contributed by atoms with Crippen LogP contribution in [-0.2, 0) is 13.1 Å². The van der Waals surface area contributed by atoms with Crippen LogP contribution in [-0.4, -0.2) is 9.55 Å². The molecule has 2 heterocycles. The van der Waals surface area contributed by atoms with Gasteiger partial charge in [-0.05, 0) is 74.7 Å². The molecule has 0 unspecified atom stereocenters. The average Bonchev–Trinajstić information content (AvgIpc) is 2.96. The molecule has 1 N–H and O–H groups in total. The second-order valence-corrected chi connectivity index (χ2v) is 7.74. The lowest BCUT2D eigenvalue weighted by atomic mass is 10.1. The zero-order valence-electron chi connectivity index (χ0n) is 17.8. The Labute approximate surface area is 183 Å². The zero-order chi connectivity index (χ0) is 20.5. The van der Waals surface area contributed by atoms with E-state index in [0.29, 0.717) is 6.54 Å². The standard InChI is InChI=1S/C25H26FN3.ClH/c1-16-5-6-17(2)20(13-16)15-29-19(4)18(3)23-11-12-27-24(25(23)29)14-28-22-9-7-21(26)8-10-22;/h5-13,28H,14-15H2,1-4H3;1H. The number of anilines is 1. The Balaban J connectivity index is 0.00000256. The molecule has 156 valence electrons. The quantitative estimate of drug-likeness (QED) is 0.397. The molecule has 0 fully saturated rings. The van der Waals surface area contributed by atoms with Gasteiger partial charge in [-0.25, -0.2) is 4.39 Å². The SMILES string of the molecule is Cc1ccc(C)c(Cn2c(C)c(C)c3ccnc(CNc4ccc(F)cc4)c32)c1.Cl. The van der Waals surface area contributed by atoms with Crippen molar-refractivity contribution in [2.24, 2.45) is 0 Å². The van der Waals surface area contributed by atoms with E-state index in [2.05, 4.69) is 66.8 Å². The lowest BCUT2D eigenvalue weighted by Crippen LogP contribution is -2.08. The van der Waals surface area contributed by atoms with Crippen molar-refractivity contribution in [2.45, 2.75) is 40.8 Å². The van der Waals surface area contributed by atoms with Crippen LogP contribution in [0.5, 0.6) is 0 Å². The number of pyridine rings is 1. The van der Waals surface area contributed by atoms with E-state index in [1.807, 2.05) is 6.20 Å². The van der Waals surface area contributed by atoms with Gasteiger partial charge in [-0.1, -0.05) is 23.8 Å². The summed E-state index contributed by atoms with van der Waals surface area (Å²) in [6, 6.07) is 15.1. The summed E-state index contributed by atoms with van der Waals surface area (Å²) in [4.78, 5) is 4.68. The number of aromatic nitrogens is 2. The molecule has 0 amide bonds. The highest BCUT2D eigenvalue weighted by molar-refractivity contribution is 5.87. The Morgan fingerprint density at radius 2 is 1.70 bits per heavy atom. The molecule has 0 radical (unpaired) electrons. The number of nitrogens with zero attached hydrogens (tertiary/aromatic N) is 2. The summed E-state index contributed by atoms with van der Waals surface area (Å²) in [6.07, 6.45) is 1.87. The molecule has 0 spiro atoms. The van der Waals surface area contributed by atoms with E-state index >= 15 is 0 Å². The maximum Gasteiger partial charge on any atom is 0.123 e. The number of fused-ring (bicyclic) bond motifs is 1. The lowest BCUT2D eigenvalue weighted by Gasteiger charge is -2.14. The maximum atomic E-state index is 13.2. The molecule has 0 aliphatic heterocycles. The van der Waals surface area contributed by atoms with Gasteiger partial charge in [0.1, 0.15) is 5.82 Å². The largest absolute Gasteiger partial charge is 0.379 e. The molecule has 2 aromatic carbocycles. The molecular weight excluding hydrogens is 397 g/mol. The molecule has 30 heavy (non-hydrogen) atoms. The molecule has 0 bridgehead atoms. The average molecular weight is 424 g/mol. The van der Waals surface area contributed by atoms with Gasteiger partial charge < -0.3 is 9.88 Å². The zero-order valence-corrected chi connectivity index (χ0v) is 18.6. The second kappa shape index (κ2) is 8.88. The molecular formula is C25H27ClFN3. The Hall–Kier alpha value is -2.85. The van der Waals surface area contributed by atoms with E-state index in [0.717, 1.165) is 23.4 Å². The smallest absolute Gasteiger partial charge is 0.123 e. The molecule has 5 heteroatoms. The van der Waals surface area contributed by atoms with Crippen molar-refractivity contribution in [3.63, 3.8) is 0 Å². The number of hydrogen-bond acceptors (Lipinski definition) is 2. The molecule has 2 aromatic heterocycles. The van der Waals surface area contributed by atoms with Crippen molar-refractivity contribution in [2.75, 3.05) is 5.32 Å². The highest BCUT2D eigenvalue weighted by Crippen LogP contribution is 2.29. The Morgan fingerprint density at radius 1 is 0.967 bits per heavy atom. The minimum Gasteiger partial charge on any atom is -0.379 e. The lowest BCUT2D eigenvalue weighted by molar-refractivity contribution is 0.628. The van der Waals surface area contributed by atoms with Crippen LogP contribution < -0.4 is 5.32 Å². The van der Waals surface area contributed by atoms with Crippen LogP contribution in [0.15, 0.2) is 54.7 Å². The first-order chi connectivity index (χ1) is 13.9. The minimum atomic E-state index is -0.232. The third-order valence-electron chi connectivity index (χ3n) is 5.76. The van der Waals surface area contributed by atoms with Crippen molar-refractivity contribution in [3.8, 4) is 0 Å². The molecule has 0 aliphatic rings. The third kappa shape index (κ3) is 4.19. The number of nitrogens with one attached hydrogen (secondary N) is 1. The fourth-order valence-electron chi connectivity index (χ4n) is 3.89. The Bertz CT molecular complexity index is 1180. The van der Waals surface area contributed by atoms with E-state index in [1.54, 1.807) is 12.1 Å². The van der Waals surface area contributed by atoms with Crippen molar-refractivity contribution < 1.29 is 4.39 Å². The molecule has 3 nitrogen and oxygen atoms in total. The normalized spacial score (nSPS) is 10.8. The summed E-state index contributed by atoms with van der Waals surface area (Å²) in [6.45, 7) is 10.1. The molecule has 0 atom stereocenters. The molecule has 4 rings (SSSR count). The van der Waals surface area contributed by atoms with Crippen LogP contribution in [0.3, 0.4) is 0 Å². The van der Waals surface area contributed by atoms with Gasteiger partial charge in [0.25, 0.3) is 0 Å². The second-order valence-electron chi connectivity index (χ2n) is 7.74. The summed E-state index contributed by atoms with van der Waals surface area (Å²) >= 11 is 0. The van der Waals surface area contributed by atoms with Crippen molar-refractivity contribution in [3.05, 3.63) is 94.2 Å². The van der Waals surface area contributed by atoms with Gasteiger partial charge >= 0.3 is 0 Å². The van der Waals surface area contributed by atoms with E-state index in [1.165, 1.54) is 45.5 Å². The van der Waals surface area contributed by atoms with Gasteiger partial charge in [0.2, 0.25) is 0 Å². The summed E-state index contributed by atoms with van der Waals surface area (Å²) in [5, 5.41) is 4.61. The van der Waals surface area contributed by atoms with Gasteiger partial charge in [-0.3, -0.25) is 4.98 Å². The summed E-state index contributed by atoms with van der Waals surface area (Å²) < 4.78 is 15.6. The topological polar surface area (TPSA) is 29.9 Å². The first-order valence-electron chi connectivity index (χ1n) is 9.93. The van der Waals surface area contributed by atoms with E-state index in [9.17, 15) is 4.39 Å². The Morgan fingerprint density at radius 3 is 2.43 bits per heavy atom. The van der Waals surface area contributed by atoms with Gasteiger partial charge in [-0.15, -0.1) is 12.4 Å². The van der Waals surface area contributed by atoms with Crippen molar-refractivity contribution in [1.29, 1.82) is 0 Å². The number of benzene rings is 2. The highest BCUT2D eigenvalue weighted by atomic mass is 35.5. The highest BCUT2D eigenvalue weighted by Gasteiger charge is 2.16. The predicted octanol–water partition coefficient (Wildman–Crippen LogP) is 6.49. The Kier molecular flexibility index (Phi) is 6.47. The van der Waals surface area contributed by atoms with Gasteiger partial charge in [0, 0.05) is 29.5 Å². The molecule has 0 aliphatic carbocycles.